The molecule has 250 valence electrons. The van der Waals surface area contributed by atoms with Crippen LogP contribution in [0.3, 0.4) is 0 Å². The Morgan fingerprint density at radius 3 is 1.69 bits per heavy atom. The first-order valence-electron chi connectivity index (χ1n) is 12.6. The number of phenolic OH excluding ortho intramolecular Hbond substituents is 1. The Hall–Kier alpha value is -4.94. The number of azo groups is 2. The van der Waals surface area contributed by atoms with Gasteiger partial charge < -0.3 is 10.8 Å². The number of anilines is 1. The number of rotatable bonds is 8. The molecular formula is C26H19N5O13S4. The monoisotopic (exact) mass is 737 g/mol. The molecule has 48 heavy (non-hydrogen) atoms. The highest BCUT2D eigenvalue weighted by molar-refractivity contribution is 7.86. The Bertz CT molecular complexity index is 2700. The fraction of sp³-hybridized carbons (Fsp3) is 0. The third kappa shape index (κ3) is 6.99. The third-order valence-electron chi connectivity index (χ3n) is 6.62. The normalized spacial score (nSPS) is 13.2. The summed E-state index contributed by atoms with van der Waals surface area (Å²) in [5.41, 5.74) is 4.20. The van der Waals surface area contributed by atoms with Crippen molar-refractivity contribution in [1.29, 1.82) is 0 Å². The highest BCUT2D eigenvalue weighted by atomic mass is 32.2. The van der Waals surface area contributed by atoms with E-state index in [4.69, 9.17) is 5.73 Å². The summed E-state index contributed by atoms with van der Waals surface area (Å²) in [4.78, 5) is -2.91. The summed E-state index contributed by atoms with van der Waals surface area (Å²) >= 11 is 0. The molecule has 0 aromatic heterocycles. The Labute approximate surface area is 270 Å². The van der Waals surface area contributed by atoms with Gasteiger partial charge in [0.1, 0.15) is 15.5 Å². The van der Waals surface area contributed by atoms with E-state index in [0.29, 0.717) is 0 Å². The van der Waals surface area contributed by atoms with Crippen molar-refractivity contribution in [3.8, 4) is 5.75 Å². The Morgan fingerprint density at radius 2 is 1.08 bits per heavy atom. The fourth-order valence-corrected chi connectivity index (χ4v) is 6.78. The van der Waals surface area contributed by atoms with Crippen molar-refractivity contribution in [2.75, 3.05) is 5.73 Å². The summed E-state index contributed by atoms with van der Waals surface area (Å²) < 4.78 is 133. The van der Waals surface area contributed by atoms with Crippen molar-refractivity contribution < 1.29 is 57.0 Å². The summed E-state index contributed by atoms with van der Waals surface area (Å²) in [7, 11) is -19.4. The average molecular weight is 738 g/mol. The molecule has 0 atom stereocenters. The van der Waals surface area contributed by atoms with Gasteiger partial charge in [-0.1, -0.05) is 12.1 Å². The molecule has 0 amide bonds. The van der Waals surface area contributed by atoms with E-state index in [0.717, 1.165) is 42.5 Å². The lowest BCUT2D eigenvalue weighted by atomic mass is 10.1. The highest BCUT2D eigenvalue weighted by Crippen LogP contribution is 2.44. The quantitative estimate of drug-likeness (QED) is 0.0686. The SMILES string of the molecule is Nc1cc2c(O)c(/N=N/c3ccc(/N=N/c4cccc(S(=O)(=O)O)c4)c4ccc(S(=O)(=O)O)cc34)c(S(=O)(=O)O)cc2cc1S(=O)(=O)O. The molecule has 5 aromatic carbocycles. The predicted octanol–water partition coefficient (Wildman–Crippen LogP) is 5.10. The molecule has 0 spiro atoms. The first-order chi connectivity index (χ1) is 22.1. The number of nitrogens with two attached hydrogens (primary N) is 1. The second-order valence-corrected chi connectivity index (χ2v) is 15.4. The molecule has 5 aromatic rings. The Morgan fingerprint density at radius 1 is 0.521 bits per heavy atom. The van der Waals surface area contributed by atoms with Gasteiger partial charge in [0, 0.05) is 16.2 Å². The molecular weight excluding hydrogens is 719 g/mol. The molecule has 0 aliphatic carbocycles. The molecule has 0 aliphatic rings. The smallest absolute Gasteiger partial charge is 0.296 e. The van der Waals surface area contributed by atoms with Crippen molar-refractivity contribution in [2.24, 2.45) is 20.5 Å². The van der Waals surface area contributed by atoms with Crippen molar-refractivity contribution in [3.63, 3.8) is 0 Å². The number of hydrogen-bond donors (Lipinski definition) is 6. The number of hydrogen-bond acceptors (Lipinski definition) is 14. The van der Waals surface area contributed by atoms with E-state index in [2.05, 4.69) is 20.5 Å². The first kappa shape index (κ1) is 34.4. The zero-order valence-corrected chi connectivity index (χ0v) is 26.7. The van der Waals surface area contributed by atoms with E-state index >= 15 is 0 Å². The second-order valence-electron chi connectivity index (χ2n) is 9.79. The predicted molar refractivity (Wildman–Crippen MR) is 168 cm³/mol. The fourth-order valence-electron chi connectivity index (χ4n) is 4.46. The van der Waals surface area contributed by atoms with Crippen molar-refractivity contribution in [1.82, 2.24) is 0 Å². The van der Waals surface area contributed by atoms with Gasteiger partial charge in [-0.2, -0.15) is 38.8 Å². The molecule has 0 saturated heterocycles. The molecule has 22 heteroatoms. The van der Waals surface area contributed by atoms with Crippen LogP contribution in [0.15, 0.2) is 113 Å². The van der Waals surface area contributed by atoms with Crippen LogP contribution in [0.25, 0.3) is 21.5 Å². The number of benzene rings is 5. The third-order valence-corrected chi connectivity index (χ3v) is 10.1. The van der Waals surface area contributed by atoms with Crippen LogP contribution in [0, 0.1) is 0 Å². The van der Waals surface area contributed by atoms with E-state index in [9.17, 15) is 57.0 Å². The molecule has 0 saturated carbocycles. The Kier molecular flexibility index (Phi) is 8.56. The summed E-state index contributed by atoms with van der Waals surface area (Å²) in [5.74, 6) is -0.932. The van der Waals surface area contributed by atoms with Gasteiger partial charge in [-0.05, 0) is 66.0 Å². The number of nitrogens with zero attached hydrogens (tertiary/aromatic N) is 4. The summed E-state index contributed by atoms with van der Waals surface area (Å²) in [6, 6.07) is 12.9. The number of aromatic hydroxyl groups is 1. The van der Waals surface area contributed by atoms with Crippen LogP contribution in [0.2, 0.25) is 0 Å². The van der Waals surface area contributed by atoms with Crippen LogP contribution in [0.5, 0.6) is 5.75 Å². The molecule has 0 heterocycles. The zero-order chi connectivity index (χ0) is 35.4. The first-order valence-corrected chi connectivity index (χ1v) is 18.4. The van der Waals surface area contributed by atoms with Crippen LogP contribution in [-0.4, -0.2) is 57.0 Å². The molecule has 0 unspecified atom stereocenters. The van der Waals surface area contributed by atoms with E-state index < -0.39 is 77.2 Å². The maximum absolute atomic E-state index is 12.3. The highest BCUT2D eigenvalue weighted by Gasteiger charge is 2.25. The molecule has 0 fully saturated rings. The standard InChI is InChI=1S/C26H19N5O13S4/c27-20-12-18-13(8-23(20)47(39,40)41)9-24(48(42,43)44)25(26(18)32)31-30-22-7-6-21(17-5-4-16(11-19(17)22)46(36,37)38)29-28-14-2-1-3-15(10-14)45(33,34)35/h1-12,32H,27H2,(H,33,34,35)(H,36,37,38)(H,39,40,41)(H,42,43,44)/b29-28+,31-30+. The maximum Gasteiger partial charge on any atom is 0.296 e. The van der Waals surface area contributed by atoms with Crippen molar-refractivity contribution in [2.45, 2.75) is 19.6 Å². The average Bonchev–Trinajstić information content (AvgIpc) is 2.97. The van der Waals surface area contributed by atoms with Gasteiger partial charge in [0.25, 0.3) is 40.5 Å². The van der Waals surface area contributed by atoms with Gasteiger partial charge >= 0.3 is 0 Å². The largest absolute Gasteiger partial charge is 0.505 e. The molecule has 18 nitrogen and oxygen atoms in total. The van der Waals surface area contributed by atoms with Crippen LogP contribution in [0.4, 0.5) is 28.4 Å². The maximum atomic E-state index is 12.3. The number of fused-ring (bicyclic) bond motifs is 2. The van der Waals surface area contributed by atoms with Gasteiger partial charge in [0.05, 0.1) is 32.5 Å². The lowest BCUT2D eigenvalue weighted by molar-refractivity contribution is 0.472. The minimum absolute atomic E-state index is 0.00506. The van der Waals surface area contributed by atoms with Crippen LogP contribution >= 0.6 is 0 Å². The van der Waals surface area contributed by atoms with Gasteiger partial charge in [0.2, 0.25) is 0 Å². The van der Waals surface area contributed by atoms with Gasteiger partial charge in [-0.15, -0.1) is 15.3 Å². The van der Waals surface area contributed by atoms with Gasteiger partial charge in [-0.25, -0.2) is 0 Å². The minimum Gasteiger partial charge on any atom is -0.505 e. The molecule has 0 radical (unpaired) electrons. The van der Waals surface area contributed by atoms with E-state index in [1.807, 2.05) is 0 Å². The van der Waals surface area contributed by atoms with Crippen LogP contribution in [-0.2, 0) is 40.5 Å². The minimum atomic E-state index is -5.18. The molecule has 0 aliphatic heterocycles. The summed E-state index contributed by atoms with van der Waals surface area (Å²) in [6.45, 7) is 0. The topological polar surface area (TPSA) is 313 Å². The lowest BCUT2D eigenvalue weighted by Gasteiger charge is -2.11. The molecule has 5 rings (SSSR count). The van der Waals surface area contributed by atoms with E-state index in [-0.39, 0.29) is 38.6 Å². The molecule has 0 bridgehead atoms. The second kappa shape index (κ2) is 11.9. The number of nitrogen functional groups attached to an aromatic ring is 1. The van der Waals surface area contributed by atoms with Crippen LogP contribution < -0.4 is 5.73 Å². The van der Waals surface area contributed by atoms with Crippen LogP contribution in [0.1, 0.15) is 0 Å². The lowest BCUT2D eigenvalue weighted by Crippen LogP contribution is -2.04. The van der Waals surface area contributed by atoms with E-state index in [1.165, 1.54) is 30.3 Å². The Balaban J connectivity index is 1.70. The summed E-state index contributed by atoms with van der Waals surface area (Å²) in [5, 5.41) is 26.2. The zero-order valence-electron chi connectivity index (χ0n) is 23.4. The summed E-state index contributed by atoms with van der Waals surface area (Å²) in [6.07, 6.45) is 0. The van der Waals surface area contributed by atoms with Gasteiger partial charge in [0.15, 0.2) is 5.75 Å². The number of phenols is 1. The van der Waals surface area contributed by atoms with Gasteiger partial charge in [-0.3, -0.25) is 18.2 Å². The molecule has 7 N–H and O–H groups in total. The van der Waals surface area contributed by atoms with Crippen molar-refractivity contribution in [3.05, 3.63) is 72.8 Å². The van der Waals surface area contributed by atoms with Crippen molar-refractivity contribution >= 4 is 90.5 Å². The van der Waals surface area contributed by atoms with E-state index in [1.54, 1.807) is 0 Å².